The van der Waals surface area contributed by atoms with Crippen molar-refractivity contribution in [1.82, 2.24) is 3.97 Å². The third-order valence-electron chi connectivity index (χ3n) is 4.48. The van der Waals surface area contributed by atoms with Crippen LogP contribution in [0.2, 0.25) is 9.36 Å². The Morgan fingerprint density at radius 3 is 2.32 bits per heavy atom. The lowest BCUT2D eigenvalue weighted by atomic mass is 10.0. The van der Waals surface area contributed by atoms with Crippen molar-refractivity contribution in [3.05, 3.63) is 86.8 Å². The number of aromatic nitrogens is 1. The van der Waals surface area contributed by atoms with Gasteiger partial charge in [0, 0.05) is 26.4 Å². The maximum atomic E-state index is 6.59. The van der Waals surface area contributed by atoms with Gasteiger partial charge in [0.25, 0.3) is 0 Å². The summed E-state index contributed by atoms with van der Waals surface area (Å²) in [6, 6.07) is 22.8. The number of halogens is 2. The predicted molar refractivity (Wildman–Crippen MR) is 126 cm³/mol. The fraction of sp³-hybridized carbons (Fsp3) is 0. The summed E-state index contributed by atoms with van der Waals surface area (Å²) in [5.41, 5.74) is 4.62. The van der Waals surface area contributed by atoms with E-state index >= 15 is 0 Å². The molecule has 0 saturated heterocycles. The number of fused-ring (bicyclic) bond motifs is 1. The van der Waals surface area contributed by atoms with Crippen molar-refractivity contribution in [3.8, 4) is 21.7 Å². The van der Waals surface area contributed by atoms with E-state index in [0.717, 1.165) is 19.8 Å². The van der Waals surface area contributed by atoms with Crippen LogP contribution in [0.3, 0.4) is 0 Å². The van der Waals surface area contributed by atoms with Gasteiger partial charge in [-0.3, -0.25) is 3.97 Å². The molecule has 5 aromatic rings. The summed E-state index contributed by atoms with van der Waals surface area (Å²) in [5.74, 6) is 0. The molecular weight excluding hydrogens is 445 g/mol. The molecule has 6 heteroatoms. The Morgan fingerprint density at radius 2 is 1.61 bits per heavy atom. The standard InChI is InChI=1S/C22H13Cl2NS3/c23-14-7-9-15(10-8-14)28-25-18-5-2-1-4-16(18)20(17-11-13-27-22(17)24)21(25)19-6-3-12-26-19/h1-13H. The van der Waals surface area contributed by atoms with Crippen molar-refractivity contribution in [2.75, 3.05) is 0 Å². The predicted octanol–water partition coefficient (Wildman–Crippen LogP) is 8.96. The van der Waals surface area contributed by atoms with E-state index in [2.05, 4.69) is 63.9 Å². The van der Waals surface area contributed by atoms with Crippen molar-refractivity contribution in [2.24, 2.45) is 0 Å². The van der Waals surface area contributed by atoms with Crippen molar-refractivity contribution >= 4 is 68.7 Å². The summed E-state index contributed by atoms with van der Waals surface area (Å²) in [5, 5.41) is 6.11. The molecule has 0 spiro atoms. The van der Waals surface area contributed by atoms with E-state index in [-0.39, 0.29) is 0 Å². The van der Waals surface area contributed by atoms with Crippen molar-refractivity contribution in [3.63, 3.8) is 0 Å². The second-order valence-corrected chi connectivity index (χ2v) is 10.1. The zero-order valence-corrected chi connectivity index (χ0v) is 18.4. The molecule has 28 heavy (non-hydrogen) atoms. The molecule has 0 aliphatic carbocycles. The molecule has 3 heterocycles. The highest BCUT2D eigenvalue weighted by atomic mass is 35.5. The third kappa shape index (κ3) is 3.19. The fourth-order valence-electron chi connectivity index (χ4n) is 3.29. The molecule has 138 valence electrons. The first-order valence-corrected chi connectivity index (χ1v) is 11.9. The van der Waals surface area contributed by atoms with Gasteiger partial charge in [0.05, 0.1) is 16.1 Å². The molecule has 1 nitrogen and oxygen atoms in total. The normalized spacial score (nSPS) is 11.4. The monoisotopic (exact) mass is 457 g/mol. The maximum Gasteiger partial charge on any atom is 0.101 e. The number of thiophene rings is 2. The van der Waals surface area contributed by atoms with E-state index in [9.17, 15) is 0 Å². The highest BCUT2D eigenvalue weighted by molar-refractivity contribution is 7.98. The van der Waals surface area contributed by atoms with Crippen LogP contribution in [0.25, 0.3) is 32.6 Å². The zero-order chi connectivity index (χ0) is 19.1. The first kappa shape index (κ1) is 18.3. The highest BCUT2D eigenvalue weighted by Gasteiger charge is 2.23. The largest absolute Gasteiger partial charge is 0.278 e. The fourth-order valence-corrected chi connectivity index (χ4v) is 6.18. The van der Waals surface area contributed by atoms with Crippen LogP contribution in [0.4, 0.5) is 0 Å². The van der Waals surface area contributed by atoms with Crippen LogP contribution < -0.4 is 0 Å². The second-order valence-electron chi connectivity index (χ2n) is 6.17. The highest BCUT2D eigenvalue weighted by Crippen LogP contribution is 2.48. The van der Waals surface area contributed by atoms with Crippen molar-refractivity contribution in [2.45, 2.75) is 4.90 Å². The van der Waals surface area contributed by atoms with Crippen LogP contribution in [0.5, 0.6) is 0 Å². The molecule has 0 radical (unpaired) electrons. The number of benzene rings is 2. The molecule has 0 amide bonds. The van der Waals surface area contributed by atoms with Crippen LogP contribution in [0.1, 0.15) is 0 Å². The lowest BCUT2D eigenvalue weighted by molar-refractivity contribution is 1.33. The Kier molecular flexibility index (Phi) is 4.99. The topological polar surface area (TPSA) is 4.93 Å². The molecule has 0 atom stereocenters. The van der Waals surface area contributed by atoms with Gasteiger partial charge in [-0.25, -0.2) is 0 Å². The van der Waals surface area contributed by atoms with Gasteiger partial charge in [-0.15, -0.1) is 22.7 Å². The maximum absolute atomic E-state index is 6.59. The van der Waals surface area contributed by atoms with E-state index in [0.29, 0.717) is 0 Å². The van der Waals surface area contributed by atoms with Crippen molar-refractivity contribution in [1.29, 1.82) is 0 Å². The molecule has 0 aliphatic heterocycles. The van der Waals surface area contributed by atoms with Crippen molar-refractivity contribution < 1.29 is 0 Å². The average Bonchev–Trinajstić information content (AvgIpc) is 3.43. The smallest absolute Gasteiger partial charge is 0.101 e. The van der Waals surface area contributed by atoms with Gasteiger partial charge in [-0.05, 0) is 65.2 Å². The Bertz CT molecular complexity index is 1250. The van der Waals surface area contributed by atoms with Crippen LogP contribution in [0, 0.1) is 0 Å². The molecule has 5 rings (SSSR count). The van der Waals surface area contributed by atoms with Crippen LogP contribution in [0.15, 0.2) is 82.4 Å². The van der Waals surface area contributed by atoms with Crippen LogP contribution >= 0.6 is 57.8 Å². The minimum atomic E-state index is 0.742. The SMILES string of the molecule is Clc1ccc(Sn2c(-c3cccs3)c(-c3ccsc3Cl)c3ccccc32)cc1. The number of hydrogen-bond donors (Lipinski definition) is 0. The lowest BCUT2D eigenvalue weighted by Gasteiger charge is -2.10. The van der Waals surface area contributed by atoms with Gasteiger partial charge in [-0.1, -0.05) is 47.5 Å². The summed E-state index contributed by atoms with van der Waals surface area (Å²) in [4.78, 5) is 2.35. The van der Waals surface area contributed by atoms with E-state index in [4.69, 9.17) is 23.2 Å². The van der Waals surface area contributed by atoms with Crippen LogP contribution in [-0.2, 0) is 0 Å². The average molecular weight is 458 g/mol. The summed E-state index contributed by atoms with van der Waals surface area (Å²) in [6.45, 7) is 0. The van der Waals surface area contributed by atoms with Gasteiger partial charge in [0.2, 0.25) is 0 Å². The van der Waals surface area contributed by atoms with Crippen LogP contribution in [-0.4, -0.2) is 3.97 Å². The Labute approximate surface area is 185 Å². The molecular formula is C22H13Cl2NS3. The third-order valence-corrected chi connectivity index (χ3v) is 7.83. The zero-order valence-electron chi connectivity index (χ0n) is 14.4. The summed E-state index contributed by atoms with van der Waals surface area (Å²) >= 11 is 17.7. The van der Waals surface area contributed by atoms with Gasteiger partial charge >= 0.3 is 0 Å². The van der Waals surface area contributed by atoms with E-state index in [1.54, 1.807) is 34.6 Å². The molecule has 0 bridgehead atoms. The molecule has 2 aromatic carbocycles. The molecule has 3 aromatic heterocycles. The molecule has 0 N–H and O–H groups in total. The minimum absolute atomic E-state index is 0.742. The molecule has 0 saturated carbocycles. The van der Waals surface area contributed by atoms with E-state index in [1.165, 1.54) is 27.0 Å². The summed E-state index contributed by atoms with van der Waals surface area (Å²) in [6.07, 6.45) is 0. The first-order valence-electron chi connectivity index (χ1n) is 8.57. The Morgan fingerprint density at radius 1 is 0.786 bits per heavy atom. The number of rotatable bonds is 4. The Balaban J connectivity index is 1.83. The summed E-state index contributed by atoms with van der Waals surface area (Å²) in [7, 11) is 0. The summed E-state index contributed by atoms with van der Waals surface area (Å²) < 4.78 is 3.13. The first-order chi connectivity index (χ1) is 13.7. The van der Waals surface area contributed by atoms with E-state index in [1.807, 2.05) is 17.5 Å². The quantitative estimate of drug-likeness (QED) is 0.260. The number of para-hydroxylation sites is 1. The van der Waals surface area contributed by atoms with Gasteiger partial charge in [-0.2, -0.15) is 0 Å². The van der Waals surface area contributed by atoms with Gasteiger partial charge in [0.1, 0.15) is 4.34 Å². The molecule has 0 unspecified atom stereocenters. The Hall–Kier alpha value is -1.69. The minimum Gasteiger partial charge on any atom is -0.278 e. The van der Waals surface area contributed by atoms with Gasteiger partial charge in [0.15, 0.2) is 0 Å². The number of hydrogen-bond acceptors (Lipinski definition) is 3. The van der Waals surface area contributed by atoms with Gasteiger partial charge < -0.3 is 0 Å². The molecule has 0 aliphatic rings. The van der Waals surface area contributed by atoms with E-state index < -0.39 is 0 Å². The number of nitrogens with zero attached hydrogens (tertiary/aromatic N) is 1. The molecule has 0 fully saturated rings. The second kappa shape index (κ2) is 7.62. The lowest BCUT2D eigenvalue weighted by Crippen LogP contribution is -1.90.